The van der Waals surface area contributed by atoms with E-state index in [2.05, 4.69) is 4.98 Å². The lowest BCUT2D eigenvalue weighted by Crippen LogP contribution is -2.25. The molecular formula is C17H12Cl2N2O3. The van der Waals surface area contributed by atoms with Gasteiger partial charge in [-0.05, 0) is 29.8 Å². The maximum atomic E-state index is 12.1. The molecule has 0 fully saturated rings. The Bertz CT molecular complexity index is 969. The number of aromatic nitrogens is 2. The van der Waals surface area contributed by atoms with Crippen molar-refractivity contribution in [2.75, 3.05) is 0 Å². The van der Waals surface area contributed by atoms with Crippen LogP contribution in [0.1, 0.15) is 5.56 Å². The lowest BCUT2D eigenvalue weighted by molar-refractivity contribution is -0.145. The Kier molecular flexibility index (Phi) is 4.83. The molecule has 2 aromatic carbocycles. The number of ether oxygens (including phenoxy) is 1. The normalized spacial score (nSPS) is 10.8. The van der Waals surface area contributed by atoms with Gasteiger partial charge in [-0.25, -0.2) is 4.98 Å². The van der Waals surface area contributed by atoms with E-state index in [1.54, 1.807) is 36.4 Å². The summed E-state index contributed by atoms with van der Waals surface area (Å²) in [5, 5.41) is 0.822. The van der Waals surface area contributed by atoms with Gasteiger partial charge in [0.1, 0.15) is 13.2 Å². The highest BCUT2D eigenvalue weighted by molar-refractivity contribution is 6.42. The molecule has 1 aromatic heterocycles. The van der Waals surface area contributed by atoms with Gasteiger partial charge in [0.25, 0.3) is 5.56 Å². The molecule has 5 nitrogen and oxygen atoms in total. The molecule has 0 aliphatic heterocycles. The van der Waals surface area contributed by atoms with Gasteiger partial charge in [0.2, 0.25) is 0 Å². The fourth-order valence-electron chi connectivity index (χ4n) is 2.25. The molecule has 0 atom stereocenters. The number of esters is 1. The first-order chi connectivity index (χ1) is 11.5. The third-order valence-corrected chi connectivity index (χ3v) is 4.16. The van der Waals surface area contributed by atoms with E-state index in [4.69, 9.17) is 27.9 Å². The zero-order valence-corrected chi connectivity index (χ0v) is 13.9. The van der Waals surface area contributed by atoms with Crippen LogP contribution >= 0.6 is 23.2 Å². The van der Waals surface area contributed by atoms with Crippen molar-refractivity contribution in [2.24, 2.45) is 0 Å². The molecule has 0 unspecified atom stereocenters. The zero-order valence-electron chi connectivity index (χ0n) is 12.4. The molecule has 0 bridgehead atoms. The fraction of sp³-hybridized carbons (Fsp3) is 0.118. The van der Waals surface area contributed by atoms with Crippen LogP contribution in [0.15, 0.2) is 53.5 Å². The SMILES string of the molecule is O=C(Cn1c(=O)cnc2ccccc21)OCc1ccc(Cl)c(Cl)c1. The Morgan fingerprint density at radius 2 is 1.92 bits per heavy atom. The predicted octanol–water partition coefficient (Wildman–Crippen LogP) is 3.45. The lowest BCUT2D eigenvalue weighted by Gasteiger charge is -2.10. The summed E-state index contributed by atoms with van der Waals surface area (Å²) in [4.78, 5) is 28.1. The first-order valence-corrected chi connectivity index (χ1v) is 7.84. The van der Waals surface area contributed by atoms with Crippen LogP contribution in [-0.4, -0.2) is 15.5 Å². The number of halogens is 2. The van der Waals surface area contributed by atoms with E-state index in [9.17, 15) is 9.59 Å². The number of carbonyl (C=O) groups excluding carboxylic acids is 1. The molecule has 3 rings (SSSR count). The molecule has 122 valence electrons. The highest BCUT2D eigenvalue weighted by Gasteiger charge is 2.10. The molecule has 24 heavy (non-hydrogen) atoms. The number of fused-ring (bicyclic) bond motifs is 1. The molecule has 0 N–H and O–H groups in total. The van der Waals surface area contributed by atoms with Crippen molar-refractivity contribution in [3.63, 3.8) is 0 Å². The Morgan fingerprint density at radius 1 is 1.12 bits per heavy atom. The predicted molar refractivity (Wildman–Crippen MR) is 92.3 cm³/mol. The van der Waals surface area contributed by atoms with Gasteiger partial charge in [0.15, 0.2) is 0 Å². The largest absolute Gasteiger partial charge is 0.459 e. The van der Waals surface area contributed by atoms with Crippen LogP contribution < -0.4 is 5.56 Å². The van der Waals surface area contributed by atoms with E-state index in [0.29, 0.717) is 26.6 Å². The smallest absolute Gasteiger partial charge is 0.326 e. The third kappa shape index (κ3) is 3.58. The number of hydrogen-bond donors (Lipinski definition) is 0. The van der Waals surface area contributed by atoms with E-state index in [0.717, 1.165) is 0 Å². The summed E-state index contributed by atoms with van der Waals surface area (Å²) in [7, 11) is 0. The van der Waals surface area contributed by atoms with E-state index in [1.165, 1.54) is 10.8 Å². The second-order valence-corrected chi connectivity index (χ2v) is 5.89. The second-order valence-electron chi connectivity index (χ2n) is 5.08. The Balaban J connectivity index is 1.74. The summed E-state index contributed by atoms with van der Waals surface area (Å²) in [5.41, 5.74) is 1.57. The monoisotopic (exact) mass is 362 g/mol. The van der Waals surface area contributed by atoms with E-state index in [-0.39, 0.29) is 18.7 Å². The number of hydrogen-bond acceptors (Lipinski definition) is 4. The van der Waals surface area contributed by atoms with Crippen LogP contribution in [0.5, 0.6) is 0 Å². The molecule has 1 heterocycles. The average Bonchev–Trinajstić information content (AvgIpc) is 2.58. The standard InChI is InChI=1S/C17H12Cl2N2O3/c18-12-6-5-11(7-13(12)19)10-24-17(23)9-21-15-4-2-1-3-14(15)20-8-16(21)22/h1-8H,9-10H2. The van der Waals surface area contributed by atoms with Gasteiger partial charge in [0, 0.05) is 0 Å². The van der Waals surface area contributed by atoms with Gasteiger partial charge in [0.05, 0.1) is 27.3 Å². The van der Waals surface area contributed by atoms with E-state index < -0.39 is 5.97 Å². The highest BCUT2D eigenvalue weighted by Crippen LogP contribution is 2.22. The molecule has 0 saturated heterocycles. The minimum absolute atomic E-state index is 0.0491. The first-order valence-electron chi connectivity index (χ1n) is 7.09. The minimum Gasteiger partial charge on any atom is -0.459 e. The molecule has 0 radical (unpaired) electrons. The first kappa shape index (κ1) is 16.5. The zero-order chi connectivity index (χ0) is 17.1. The molecule has 7 heteroatoms. The summed E-state index contributed by atoms with van der Waals surface area (Å²) < 4.78 is 6.54. The summed E-state index contributed by atoms with van der Waals surface area (Å²) >= 11 is 11.8. The van der Waals surface area contributed by atoms with Gasteiger partial charge in [-0.2, -0.15) is 0 Å². The van der Waals surface area contributed by atoms with Crippen LogP contribution in [0.2, 0.25) is 10.0 Å². The van der Waals surface area contributed by atoms with Gasteiger partial charge in [-0.3, -0.25) is 14.2 Å². The maximum absolute atomic E-state index is 12.1. The Hall–Kier alpha value is -2.37. The molecular weight excluding hydrogens is 351 g/mol. The fourth-order valence-corrected chi connectivity index (χ4v) is 2.57. The Morgan fingerprint density at radius 3 is 2.71 bits per heavy atom. The van der Waals surface area contributed by atoms with Crippen LogP contribution in [0.3, 0.4) is 0 Å². The molecule has 0 spiro atoms. The topological polar surface area (TPSA) is 61.2 Å². The van der Waals surface area contributed by atoms with Gasteiger partial charge in [-0.1, -0.05) is 41.4 Å². The summed E-state index contributed by atoms with van der Waals surface area (Å²) in [6.45, 7) is -0.142. The van der Waals surface area contributed by atoms with Crippen LogP contribution in [0, 0.1) is 0 Å². The molecule has 3 aromatic rings. The van der Waals surface area contributed by atoms with Crippen molar-refractivity contribution in [1.82, 2.24) is 9.55 Å². The van der Waals surface area contributed by atoms with E-state index >= 15 is 0 Å². The highest BCUT2D eigenvalue weighted by atomic mass is 35.5. The van der Waals surface area contributed by atoms with Crippen LogP contribution in [0.25, 0.3) is 11.0 Å². The maximum Gasteiger partial charge on any atom is 0.326 e. The lowest BCUT2D eigenvalue weighted by atomic mass is 10.2. The van der Waals surface area contributed by atoms with Crippen molar-refractivity contribution >= 4 is 40.2 Å². The van der Waals surface area contributed by atoms with Gasteiger partial charge < -0.3 is 4.74 Å². The number of nitrogens with zero attached hydrogens (tertiary/aromatic N) is 2. The summed E-state index contributed by atoms with van der Waals surface area (Å²) in [5.74, 6) is -0.528. The van der Waals surface area contributed by atoms with Crippen molar-refractivity contribution in [3.05, 3.63) is 74.6 Å². The molecule has 0 aliphatic carbocycles. The van der Waals surface area contributed by atoms with Crippen LogP contribution in [0.4, 0.5) is 0 Å². The second kappa shape index (κ2) is 7.03. The average molecular weight is 363 g/mol. The third-order valence-electron chi connectivity index (χ3n) is 3.42. The molecule has 0 saturated carbocycles. The number of rotatable bonds is 4. The van der Waals surface area contributed by atoms with Crippen molar-refractivity contribution < 1.29 is 9.53 Å². The summed E-state index contributed by atoms with van der Waals surface area (Å²) in [6.07, 6.45) is 1.19. The number of benzene rings is 2. The van der Waals surface area contributed by atoms with Crippen molar-refractivity contribution in [3.8, 4) is 0 Å². The van der Waals surface area contributed by atoms with Crippen molar-refractivity contribution in [1.29, 1.82) is 0 Å². The minimum atomic E-state index is -0.528. The Labute approximate surface area is 147 Å². The quantitative estimate of drug-likeness (QED) is 0.667. The number of carbonyl (C=O) groups is 1. The molecule has 0 aliphatic rings. The number of para-hydroxylation sites is 2. The van der Waals surface area contributed by atoms with Crippen molar-refractivity contribution in [2.45, 2.75) is 13.2 Å². The molecule has 0 amide bonds. The summed E-state index contributed by atoms with van der Waals surface area (Å²) in [6, 6.07) is 12.1. The van der Waals surface area contributed by atoms with Gasteiger partial charge in [-0.15, -0.1) is 0 Å². The van der Waals surface area contributed by atoms with Gasteiger partial charge >= 0.3 is 5.97 Å². The van der Waals surface area contributed by atoms with Crippen LogP contribution in [-0.2, 0) is 22.7 Å². The van der Waals surface area contributed by atoms with E-state index in [1.807, 2.05) is 6.07 Å².